The zero-order chi connectivity index (χ0) is 15.2. The van der Waals surface area contributed by atoms with Crippen molar-refractivity contribution in [2.45, 2.75) is 45.4 Å². The van der Waals surface area contributed by atoms with Crippen LogP contribution in [0.1, 0.15) is 30.8 Å². The molecule has 2 heterocycles. The molecule has 0 bridgehead atoms. The summed E-state index contributed by atoms with van der Waals surface area (Å²) in [4.78, 5) is 8.45. The zero-order valence-electron chi connectivity index (χ0n) is 13.5. The average Bonchev–Trinajstić information content (AvgIpc) is 3.09. The first kappa shape index (κ1) is 16.7. The molecule has 1 aliphatic heterocycles. The second-order valence-electron chi connectivity index (χ2n) is 5.43. The Balaban J connectivity index is 2.01. The van der Waals surface area contributed by atoms with Gasteiger partial charge >= 0.3 is 0 Å². The van der Waals surface area contributed by atoms with Crippen molar-refractivity contribution < 1.29 is 9.47 Å². The van der Waals surface area contributed by atoms with Gasteiger partial charge in [-0.1, -0.05) is 6.92 Å². The maximum atomic E-state index is 5.67. The van der Waals surface area contributed by atoms with Crippen LogP contribution in [0.25, 0.3) is 0 Å². The van der Waals surface area contributed by atoms with Gasteiger partial charge < -0.3 is 19.7 Å². The SMILES string of the molecule is CCc1nc(N(C)C2CCOC2C)sc1CNCCOC. The number of rotatable bonds is 8. The van der Waals surface area contributed by atoms with Gasteiger partial charge in [0.1, 0.15) is 0 Å². The molecule has 5 nitrogen and oxygen atoms in total. The van der Waals surface area contributed by atoms with Gasteiger partial charge in [-0.15, -0.1) is 11.3 Å². The fraction of sp³-hybridized carbons (Fsp3) is 0.800. The molecule has 0 amide bonds. The first-order valence-electron chi connectivity index (χ1n) is 7.70. The van der Waals surface area contributed by atoms with Crippen LogP contribution >= 0.6 is 11.3 Å². The Morgan fingerprint density at radius 1 is 1.52 bits per heavy atom. The Morgan fingerprint density at radius 3 is 2.95 bits per heavy atom. The summed E-state index contributed by atoms with van der Waals surface area (Å²) in [5.41, 5.74) is 1.21. The molecule has 1 aromatic heterocycles. The highest BCUT2D eigenvalue weighted by Gasteiger charge is 2.29. The highest BCUT2D eigenvalue weighted by Crippen LogP contribution is 2.30. The van der Waals surface area contributed by atoms with Gasteiger partial charge in [0.25, 0.3) is 0 Å². The first-order valence-corrected chi connectivity index (χ1v) is 8.51. The number of hydrogen-bond donors (Lipinski definition) is 1. The first-order chi connectivity index (χ1) is 10.2. The molecule has 0 saturated carbocycles. The van der Waals surface area contributed by atoms with Crippen molar-refractivity contribution in [2.75, 3.05) is 38.8 Å². The molecule has 1 N–H and O–H groups in total. The van der Waals surface area contributed by atoms with Crippen LogP contribution in [0.5, 0.6) is 0 Å². The maximum absolute atomic E-state index is 5.67. The van der Waals surface area contributed by atoms with E-state index in [1.165, 1.54) is 10.6 Å². The molecule has 0 radical (unpaired) electrons. The predicted octanol–water partition coefficient (Wildman–Crippen LogP) is 2.06. The van der Waals surface area contributed by atoms with E-state index in [-0.39, 0.29) is 6.10 Å². The molecule has 1 aromatic rings. The summed E-state index contributed by atoms with van der Waals surface area (Å²) >= 11 is 1.80. The molecule has 1 saturated heterocycles. The number of ether oxygens (including phenoxy) is 2. The van der Waals surface area contributed by atoms with Crippen molar-refractivity contribution in [2.24, 2.45) is 0 Å². The van der Waals surface area contributed by atoms with Gasteiger partial charge in [-0.05, 0) is 19.8 Å². The topological polar surface area (TPSA) is 46.6 Å². The Morgan fingerprint density at radius 2 is 2.33 bits per heavy atom. The maximum Gasteiger partial charge on any atom is 0.185 e. The second kappa shape index (κ2) is 8.08. The average molecular weight is 313 g/mol. The molecule has 21 heavy (non-hydrogen) atoms. The minimum absolute atomic E-state index is 0.284. The van der Waals surface area contributed by atoms with Gasteiger partial charge in [0.15, 0.2) is 5.13 Å². The smallest absolute Gasteiger partial charge is 0.185 e. The van der Waals surface area contributed by atoms with Gasteiger partial charge in [0.2, 0.25) is 0 Å². The summed E-state index contributed by atoms with van der Waals surface area (Å²) in [5, 5.41) is 4.52. The molecule has 2 unspecified atom stereocenters. The molecule has 1 aliphatic rings. The number of thiazole rings is 1. The molecule has 120 valence electrons. The van der Waals surface area contributed by atoms with Crippen molar-refractivity contribution >= 4 is 16.5 Å². The number of likely N-dealkylation sites (N-methyl/N-ethyl adjacent to an activating group) is 1. The molecule has 2 atom stereocenters. The fourth-order valence-electron chi connectivity index (χ4n) is 2.68. The largest absolute Gasteiger partial charge is 0.383 e. The van der Waals surface area contributed by atoms with Gasteiger partial charge in [-0.25, -0.2) is 4.98 Å². The molecule has 0 aliphatic carbocycles. The third kappa shape index (κ3) is 4.16. The Labute approximate surface area is 131 Å². The lowest BCUT2D eigenvalue weighted by Crippen LogP contribution is -2.36. The summed E-state index contributed by atoms with van der Waals surface area (Å²) in [7, 11) is 3.86. The summed E-state index contributed by atoms with van der Waals surface area (Å²) in [6, 6.07) is 0.440. The predicted molar refractivity (Wildman–Crippen MR) is 87.3 cm³/mol. The number of anilines is 1. The van der Waals surface area contributed by atoms with Crippen molar-refractivity contribution in [3.05, 3.63) is 10.6 Å². The molecule has 0 spiro atoms. The highest BCUT2D eigenvalue weighted by molar-refractivity contribution is 7.15. The monoisotopic (exact) mass is 313 g/mol. The lowest BCUT2D eigenvalue weighted by Gasteiger charge is -2.26. The van der Waals surface area contributed by atoms with Crippen LogP contribution in [0, 0.1) is 0 Å². The van der Waals surface area contributed by atoms with E-state index in [1.54, 1.807) is 18.4 Å². The van der Waals surface area contributed by atoms with Crippen molar-refractivity contribution in [3.8, 4) is 0 Å². The quantitative estimate of drug-likeness (QED) is 0.744. The third-order valence-electron chi connectivity index (χ3n) is 4.01. The van der Waals surface area contributed by atoms with E-state index < -0.39 is 0 Å². The summed E-state index contributed by atoms with van der Waals surface area (Å²) in [6.45, 7) is 7.65. The van der Waals surface area contributed by atoms with Crippen LogP contribution < -0.4 is 10.2 Å². The van der Waals surface area contributed by atoms with Crippen LogP contribution in [-0.4, -0.2) is 51.0 Å². The number of nitrogens with zero attached hydrogens (tertiary/aromatic N) is 2. The van der Waals surface area contributed by atoms with Crippen molar-refractivity contribution in [1.82, 2.24) is 10.3 Å². The molecule has 0 aromatic carbocycles. The van der Waals surface area contributed by atoms with E-state index >= 15 is 0 Å². The van der Waals surface area contributed by atoms with Gasteiger partial charge in [-0.3, -0.25) is 0 Å². The van der Waals surface area contributed by atoms with E-state index in [4.69, 9.17) is 14.5 Å². The Hall–Kier alpha value is -0.690. The number of hydrogen-bond acceptors (Lipinski definition) is 6. The van der Waals surface area contributed by atoms with E-state index in [2.05, 4.69) is 31.1 Å². The number of nitrogens with one attached hydrogen (secondary N) is 1. The lowest BCUT2D eigenvalue weighted by molar-refractivity contribution is 0.118. The van der Waals surface area contributed by atoms with Crippen LogP contribution in [0.3, 0.4) is 0 Å². The summed E-state index contributed by atoms with van der Waals surface area (Å²) in [6.07, 6.45) is 2.34. The van der Waals surface area contributed by atoms with Crippen LogP contribution in [0.2, 0.25) is 0 Å². The van der Waals surface area contributed by atoms with Crippen LogP contribution in [0.4, 0.5) is 5.13 Å². The molecular formula is C15H27N3O2S. The van der Waals surface area contributed by atoms with Crippen molar-refractivity contribution in [3.63, 3.8) is 0 Å². The Kier molecular flexibility index (Phi) is 6.41. The number of methoxy groups -OCH3 is 1. The van der Waals surface area contributed by atoms with E-state index in [9.17, 15) is 0 Å². The minimum Gasteiger partial charge on any atom is -0.383 e. The van der Waals surface area contributed by atoms with Crippen LogP contribution in [-0.2, 0) is 22.4 Å². The molecule has 2 rings (SSSR count). The fourth-order valence-corrected chi connectivity index (χ4v) is 3.82. The number of aromatic nitrogens is 1. The minimum atomic E-state index is 0.284. The molecule has 6 heteroatoms. The van der Waals surface area contributed by atoms with Crippen molar-refractivity contribution in [1.29, 1.82) is 0 Å². The highest BCUT2D eigenvalue weighted by atomic mass is 32.1. The normalized spacial score (nSPS) is 21.9. The van der Waals surface area contributed by atoms with E-state index in [0.29, 0.717) is 6.04 Å². The standard InChI is InChI=1S/C15H27N3O2S/c1-5-12-14(10-16-7-9-19-4)21-15(17-12)18(3)13-6-8-20-11(13)2/h11,13,16H,5-10H2,1-4H3. The van der Waals surface area contributed by atoms with Crippen LogP contribution in [0.15, 0.2) is 0 Å². The second-order valence-corrected chi connectivity index (χ2v) is 6.49. The van der Waals surface area contributed by atoms with E-state index in [0.717, 1.165) is 44.3 Å². The molecular weight excluding hydrogens is 286 g/mol. The zero-order valence-corrected chi connectivity index (χ0v) is 14.3. The van der Waals surface area contributed by atoms with Gasteiger partial charge in [-0.2, -0.15) is 0 Å². The summed E-state index contributed by atoms with van der Waals surface area (Å²) < 4.78 is 10.7. The summed E-state index contributed by atoms with van der Waals surface area (Å²) in [5.74, 6) is 0. The number of aryl methyl sites for hydroxylation is 1. The van der Waals surface area contributed by atoms with E-state index in [1.807, 2.05) is 0 Å². The van der Waals surface area contributed by atoms with Gasteiger partial charge in [0.05, 0.1) is 24.4 Å². The lowest BCUT2D eigenvalue weighted by atomic mass is 10.1. The molecule has 1 fully saturated rings. The Bertz CT molecular complexity index is 439. The van der Waals surface area contributed by atoms with Gasteiger partial charge in [0, 0.05) is 38.7 Å². The third-order valence-corrected chi connectivity index (χ3v) is 5.19.